The van der Waals surface area contributed by atoms with Crippen molar-refractivity contribution in [3.8, 4) is 6.07 Å². The van der Waals surface area contributed by atoms with Crippen LogP contribution in [0.1, 0.15) is 29.3 Å². The smallest absolute Gasteiger partial charge is 0.254 e. The molecule has 17 heavy (non-hydrogen) atoms. The second kappa shape index (κ2) is 6.00. The van der Waals surface area contributed by atoms with Crippen molar-refractivity contribution in [2.75, 3.05) is 13.1 Å². The van der Waals surface area contributed by atoms with Crippen LogP contribution in [-0.2, 0) is 0 Å². The Morgan fingerprint density at radius 1 is 1.47 bits per heavy atom. The lowest BCUT2D eigenvalue weighted by Gasteiger charge is -2.18. The summed E-state index contributed by atoms with van der Waals surface area (Å²) in [6.07, 6.45) is 0.766. The fourth-order valence-electron chi connectivity index (χ4n) is 1.65. The molecule has 1 rings (SSSR count). The van der Waals surface area contributed by atoms with Gasteiger partial charge in [-0.1, -0.05) is 6.92 Å². The Balaban J connectivity index is 2.96. The molecule has 3 nitrogen and oxygen atoms in total. The van der Waals surface area contributed by atoms with Crippen molar-refractivity contribution in [3.63, 3.8) is 0 Å². The predicted octanol–water partition coefficient (Wildman–Crippen LogP) is 2.51. The number of hydrogen-bond acceptors (Lipinski definition) is 2. The van der Waals surface area contributed by atoms with Crippen LogP contribution in [0.4, 0.5) is 4.39 Å². The van der Waals surface area contributed by atoms with Gasteiger partial charge in [-0.25, -0.2) is 4.39 Å². The summed E-state index contributed by atoms with van der Waals surface area (Å²) in [6, 6.07) is 6.14. The second-order valence-corrected chi connectivity index (χ2v) is 3.90. The van der Waals surface area contributed by atoms with Gasteiger partial charge in [-0.15, -0.1) is 0 Å². The molecule has 0 aliphatic heterocycles. The summed E-state index contributed by atoms with van der Waals surface area (Å²) in [6.45, 7) is 4.19. The van der Waals surface area contributed by atoms with E-state index in [9.17, 15) is 9.18 Å². The maximum absolute atomic E-state index is 13.2. The number of carbonyl (C=O) groups is 1. The number of benzene rings is 1. The Morgan fingerprint density at radius 2 is 2.18 bits per heavy atom. The number of rotatable bonds is 4. The third kappa shape index (κ3) is 3.56. The van der Waals surface area contributed by atoms with E-state index in [2.05, 4.69) is 0 Å². The van der Waals surface area contributed by atoms with Crippen molar-refractivity contribution in [2.24, 2.45) is 0 Å². The van der Waals surface area contributed by atoms with E-state index in [0.717, 1.165) is 6.42 Å². The van der Waals surface area contributed by atoms with E-state index in [4.69, 9.17) is 5.26 Å². The molecule has 1 amide bonds. The van der Waals surface area contributed by atoms with Crippen molar-refractivity contribution >= 4 is 5.91 Å². The summed E-state index contributed by atoms with van der Waals surface area (Å²) < 4.78 is 13.2. The van der Waals surface area contributed by atoms with E-state index < -0.39 is 5.82 Å². The molecule has 0 aliphatic carbocycles. The SMILES string of the molecule is CCCN(CC#N)C(=O)c1cc(C)cc(F)c1. The van der Waals surface area contributed by atoms with Crippen molar-refractivity contribution in [3.05, 3.63) is 35.1 Å². The van der Waals surface area contributed by atoms with Crippen LogP contribution in [-0.4, -0.2) is 23.9 Å². The molecule has 0 radical (unpaired) electrons. The zero-order valence-corrected chi connectivity index (χ0v) is 10.0. The highest BCUT2D eigenvalue weighted by molar-refractivity contribution is 5.94. The number of carbonyl (C=O) groups excluding carboxylic acids is 1. The van der Waals surface area contributed by atoms with Crippen molar-refractivity contribution < 1.29 is 9.18 Å². The number of halogens is 1. The van der Waals surface area contributed by atoms with Crippen molar-refractivity contribution in [2.45, 2.75) is 20.3 Å². The lowest BCUT2D eigenvalue weighted by atomic mass is 10.1. The molecule has 0 saturated carbocycles. The molecular formula is C13H15FN2O. The fourth-order valence-corrected chi connectivity index (χ4v) is 1.65. The van der Waals surface area contributed by atoms with E-state index in [-0.39, 0.29) is 12.5 Å². The molecule has 0 fully saturated rings. The van der Waals surface area contributed by atoms with Gasteiger partial charge in [0.05, 0.1) is 6.07 Å². The first-order valence-corrected chi connectivity index (χ1v) is 5.52. The van der Waals surface area contributed by atoms with Gasteiger partial charge in [0.2, 0.25) is 0 Å². The van der Waals surface area contributed by atoms with E-state index in [1.54, 1.807) is 13.0 Å². The van der Waals surface area contributed by atoms with Crippen LogP contribution >= 0.6 is 0 Å². The zero-order chi connectivity index (χ0) is 12.8. The lowest BCUT2D eigenvalue weighted by Crippen LogP contribution is -2.32. The zero-order valence-electron chi connectivity index (χ0n) is 10.0. The molecule has 1 aromatic carbocycles. The monoisotopic (exact) mass is 234 g/mol. The van der Waals surface area contributed by atoms with E-state index in [0.29, 0.717) is 17.7 Å². The fraction of sp³-hybridized carbons (Fsp3) is 0.385. The van der Waals surface area contributed by atoms with Gasteiger partial charge in [-0.2, -0.15) is 5.26 Å². The van der Waals surface area contributed by atoms with Crippen LogP contribution in [0.3, 0.4) is 0 Å². The summed E-state index contributed by atoms with van der Waals surface area (Å²) in [5, 5.41) is 8.65. The van der Waals surface area contributed by atoms with Crippen LogP contribution in [0.15, 0.2) is 18.2 Å². The Bertz CT molecular complexity index is 431. The summed E-state index contributed by atoms with van der Waals surface area (Å²) in [5.74, 6) is -0.724. The number of nitriles is 1. The van der Waals surface area contributed by atoms with Gasteiger partial charge in [0.15, 0.2) is 0 Å². The Kier molecular flexibility index (Phi) is 4.65. The average molecular weight is 234 g/mol. The molecule has 1 aromatic rings. The molecule has 0 unspecified atom stereocenters. The molecule has 0 bridgehead atoms. The molecular weight excluding hydrogens is 219 g/mol. The normalized spacial score (nSPS) is 9.76. The molecule has 90 valence electrons. The van der Waals surface area contributed by atoms with E-state index in [1.807, 2.05) is 13.0 Å². The summed E-state index contributed by atoms with van der Waals surface area (Å²) in [7, 11) is 0. The van der Waals surface area contributed by atoms with Crippen LogP contribution in [0.2, 0.25) is 0 Å². The summed E-state index contributed by atoms with van der Waals surface area (Å²) in [5.41, 5.74) is 0.993. The largest absolute Gasteiger partial charge is 0.325 e. The molecule has 0 aliphatic rings. The van der Waals surface area contributed by atoms with Crippen LogP contribution in [0.5, 0.6) is 0 Å². The molecule has 0 aromatic heterocycles. The quantitative estimate of drug-likeness (QED) is 0.751. The summed E-state index contributed by atoms with van der Waals surface area (Å²) in [4.78, 5) is 13.5. The van der Waals surface area contributed by atoms with Gasteiger partial charge in [0, 0.05) is 12.1 Å². The first-order valence-electron chi connectivity index (χ1n) is 5.52. The second-order valence-electron chi connectivity index (χ2n) is 3.90. The first-order chi connectivity index (χ1) is 8.08. The Hall–Kier alpha value is -1.89. The highest BCUT2D eigenvalue weighted by atomic mass is 19.1. The maximum Gasteiger partial charge on any atom is 0.254 e. The lowest BCUT2D eigenvalue weighted by molar-refractivity contribution is 0.0775. The number of amides is 1. The number of aryl methyl sites for hydroxylation is 1. The van der Waals surface area contributed by atoms with E-state index in [1.165, 1.54) is 17.0 Å². The maximum atomic E-state index is 13.2. The minimum absolute atomic E-state index is 0.0300. The highest BCUT2D eigenvalue weighted by Crippen LogP contribution is 2.11. The first kappa shape index (κ1) is 13.2. The standard InChI is InChI=1S/C13H15FN2O/c1-3-5-16(6-4-15)13(17)11-7-10(2)8-12(14)9-11/h7-9H,3,5-6H2,1-2H3. The van der Waals surface area contributed by atoms with Gasteiger partial charge < -0.3 is 4.90 Å². The molecule has 4 heteroatoms. The Morgan fingerprint density at radius 3 is 2.71 bits per heavy atom. The van der Waals surface area contributed by atoms with Crippen LogP contribution in [0, 0.1) is 24.1 Å². The van der Waals surface area contributed by atoms with Crippen molar-refractivity contribution in [1.82, 2.24) is 4.90 Å². The van der Waals surface area contributed by atoms with E-state index >= 15 is 0 Å². The van der Waals surface area contributed by atoms with Crippen molar-refractivity contribution in [1.29, 1.82) is 5.26 Å². The number of hydrogen-bond donors (Lipinski definition) is 0. The summed E-state index contributed by atoms with van der Waals surface area (Å²) >= 11 is 0. The molecule has 0 heterocycles. The highest BCUT2D eigenvalue weighted by Gasteiger charge is 2.15. The molecule has 0 saturated heterocycles. The third-order valence-electron chi connectivity index (χ3n) is 2.33. The molecule has 0 atom stereocenters. The van der Waals surface area contributed by atoms with Gasteiger partial charge in [-0.3, -0.25) is 4.79 Å². The van der Waals surface area contributed by atoms with Gasteiger partial charge in [0.25, 0.3) is 5.91 Å². The average Bonchev–Trinajstić information content (AvgIpc) is 2.26. The van der Waals surface area contributed by atoms with Crippen LogP contribution in [0.25, 0.3) is 0 Å². The molecule has 0 spiro atoms. The predicted molar refractivity (Wildman–Crippen MR) is 62.9 cm³/mol. The molecule has 0 N–H and O–H groups in total. The minimum Gasteiger partial charge on any atom is -0.325 e. The van der Waals surface area contributed by atoms with Gasteiger partial charge in [0.1, 0.15) is 12.4 Å². The Labute approximate surface area is 100 Å². The number of nitrogens with zero attached hydrogens (tertiary/aromatic N) is 2. The van der Waals surface area contributed by atoms with Gasteiger partial charge >= 0.3 is 0 Å². The topological polar surface area (TPSA) is 44.1 Å². The van der Waals surface area contributed by atoms with Crippen LogP contribution < -0.4 is 0 Å². The van der Waals surface area contributed by atoms with Gasteiger partial charge in [-0.05, 0) is 37.1 Å². The third-order valence-corrected chi connectivity index (χ3v) is 2.33. The minimum atomic E-state index is -0.429.